The maximum absolute atomic E-state index is 14.9. The number of Topliss-reactive ketones (excluding diaryl/α,β-unsaturated/α-hetero) is 1. The summed E-state index contributed by atoms with van der Waals surface area (Å²) in [6.07, 6.45) is 13.4. The van der Waals surface area contributed by atoms with Gasteiger partial charge in [-0.3, -0.25) is 33.8 Å². The van der Waals surface area contributed by atoms with E-state index in [0.717, 1.165) is 57.8 Å². The topological polar surface area (TPSA) is 194 Å². The normalized spacial score (nSPS) is 26.8. The lowest BCUT2D eigenvalue weighted by Crippen LogP contribution is -2.62. The van der Waals surface area contributed by atoms with E-state index in [1.54, 1.807) is 4.90 Å². The summed E-state index contributed by atoms with van der Waals surface area (Å²) in [6.45, 7) is 10.4. The Hall–Kier alpha value is -3.90. The number of nitrogens with two attached hydrogens (primary N) is 1. The number of likely N-dealkylation sites (tertiary alicyclic amines) is 1. The van der Waals surface area contributed by atoms with Gasteiger partial charge in [0.25, 0.3) is 11.8 Å². The molecule has 6 rings (SSSR count). The molecule has 5 fully saturated rings. The third kappa shape index (κ3) is 5.97. The van der Waals surface area contributed by atoms with E-state index < -0.39 is 59.0 Å². The van der Waals surface area contributed by atoms with Gasteiger partial charge in [-0.15, -0.1) is 0 Å². The molecular formula is C37H53N7O6. The van der Waals surface area contributed by atoms with Gasteiger partial charge in [-0.1, -0.05) is 66.7 Å². The first-order chi connectivity index (χ1) is 23.5. The smallest absolute Gasteiger partial charge is 0.287 e. The van der Waals surface area contributed by atoms with Crippen LogP contribution in [0.25, 0.3) is 0 Å². The average Bonchev–Trinajstić information content (AvgIpc) is 3.21. The van der Waals surface area contributed by atoms with Crippen molar-refractivity contribution < 1.29 is 28.8 Å². The predicted molar refractivity (Wildman–Crippen MR) is 183 cm³/mol. The van der Waals surface area contributed by atoms with Crippen LogP contribution in [0.15, 0.2) is 18.6 Å². The second-order valence-electron chi connectivity index (χ2n) is 17.2. The number of hydrogen-bond donors (Lipinski definition) is 4. The molecule has 2 heterocycles. The zero-order chi connectivity index (χ0) is 36.2. The molecule has 0 bridgehead atoms. The van der Waals surface area contributed by atoms with Gasteiger partial charge in [-0.2, -0.15) is 0 Å². The zero-order valence-corrected chi connectivity index (χ0v) is 30.0. The molecule has 5 N–H and O–H groups in total. The van der Waals surface area contributed by atoms with Crippen molar-refractivity contribution in [3.63, 3.8) is 0 Å². The Morgan fingerprint density at radius 2 is 1.62 bits per heavy atom. The van der Waals surface area contributed by atoms with E-state index >= 15 is 0 Å². The Bertz CT molecular complexity index is 1540. The Morgan fingerprint density at radius 1 is 0.940 bits per heavy atom. The van der Waals surface area contributed by atoms with E-state index in [1.165, 1.54) is 18.6 Å². The lowest BCUT2D eigenvalue weighted by Gasteiger charge is -2.38. The van der Waals surface area contributed by atoms with E-state index in [2.05, 4.69) is 39.8 Å². The van der Waals surface area contributed by atoms with Gasteiger partial charge in [0, 0.05) is 24.4 Å². The minimum Gasteiger partial charge on any atom is -0.363 e. The largest absolute Gasteiger partial charge is 0.363 e. The van der Waals surface area contributed by atoms with Crippen LogP contribution in [0.5, 0.6) is 0 Å². The second-order valence-corrected chi connectivity index (χ2v) is 17.2. The summed E-state index contributed by atoms with van der Waals surface area (Å²) in [4.78, 5) is 90.8. The van der Waals surface area contributed by atoms with E-state index in [0.29, 0.717) is 19.4 Å². The van der Waals surface area contributed by atoms with Crippen LogP contribution in [0.1, 0.15) is 116 Å². The number of hydrogen-bond acceptors (Lipinski definition) is 8. The molecule has 2 spiro atoms. The van der Waals surface area contributed by atoms with Crippen molar-refractivity contribution in [1.29, 1.82) is 0 Å². The SMILES string of the molecule is CC(C)(C)[C@H](NC(=O)[C@@H](NC(=O)c1cnccn1)C1CCC1)C(=O)N1C[C@]2(C[C@H]1C(=O)NC(CC1CCC1)C(=O)C(N)=O)C(C)(C)C21CCC1. The first kappa shape index (κ1) is 35.9. The molecular weight excluding hydrogens is 638 g/mol. The number of ketones is 1. The molecule has 5 amide bonds. The summed E-state index contributed by atoms with van der Waals surface area (Å²) in [5.41, 5.74) is 4.35. The fourth-order valence-corrected chi connectivity index (χ4v) is 9.65. The summed E-state index contributed by atoms with van der Waals surface area (Å²) in [5.74, 6) is -3.65. The van der Waals surface area contributed by atoms with Gasteiger partial charge in [0.15, 0.2) is 0 Å². The highest BCUT2D eigenvalue weighted by molar-refractivity contribution is 6.37. The van der Waals surface area contributed by atoms with Crippen LogP contribution in [0.2, 0.25) is 0 Å². The van der Waals surface area contributed by atoms with Gasteiger partial charge in [0.2, 0.25) is 23.5 Å². The Morgan fingerprint density at radius 3 is 2.10 bits per heavy atom. The minimum absolute atomic E-state index is 0.0162. The summed E-state index contributed by atoms with van der Waals surface area (Å²) >= 11 is 0. The molecule has 272 valence electrons. The molecule has 5 aliphatic rings. The Kier molecular flexibility index (Phi) is 9.35. The number of carbonyl (C=O) groups is 6. The van der Waals surface area contributed by atoms with Gasteiger partial charge >= 0.3 is 0 Å². The summed E-state index contributed by atoms with van der Waals surface area (Å²) < 4.78 is 0. The highest BCUT2D eigenvalue weighted by atomic mass is 16.2. The fourth-order valence-electron chi connectivity index (χ4n) is 9.65. The van der Waals surface area contributed by atoms with Gasteiger partial charge in [-0.25, -0.2) is 4.98 Å². The van der Waals surface area contributed by atoms with Crippen LogP contribution in [0.4, 0.5) is 0 Å². The first-order valence-corrected chi connectivity index (χ1v) is 18.3. The molecule has 13 heteroatoms. The molecule has 1 aliphatic heterocycles. The van der Waals surface area contributed by atoms with Crippen LogP contribution < -0.4 is 21.7 Å². The van der Waals surface area contributed by atoms with Gasteiger partial charge in [-0.05, 0) is 66.6 Å². The lowest BCUT2D eigenvalue weighted by molar-refractivity contribution is -0.145. The van der Waals surface area contributed by atoms with Gasteiger partial charge in [0.05, 0.1) is 12.2 Å². The van der Waals surface area contributed by atoms with Crippen molar-refractivity contribution in [2.24, 2.45) is 39.2 Å². The number of nitrogens with one attached hydrogen (secondary N) is 3. The van der Waals surface area contributed by atoms with Crippen LogP contribution in [-0.2, 0) is 24.0 Å². The number of nitrogens with zero attached hydrogens (tertiary/aromatic N) is 3. The number of fused-ring (bicyclic) bond motifs is 1. The van der Waals surface area contributed by atoms with Crippen molar-refractivity contribution in [3.05, 3.63) is 24.3 Å². The molecule has 4 aliphatic carbocycles. The molecule has 5 atom stereocenters. The van der Waals surface area contributed by atoms with Gasteiger partial charge < -0.3 is 26.6 Å². The molecule has 0 aromatic carbocycles. The average molecular weight is 692 g/mol. The number of amides is 5. The van der Waals surface area contributed by atoms with E-state index in [4.69, 9.17) is 5.73 Å². The molecule has 13 nitrogen and oxygen atoms in total. The van der Waals surface area contributed by atoms with Crippen LogP contribution in [-0.4, -0.2) is 80.9 Å². The van der Waals surface area contributed by atoms with Crippen molar-refractivity contribution in [3.8, 4) is 0 Å². The second kappa shape index (κ2) is 13.0. The molecule has 1 saturated heterocycles. The van der Waals surface area contributed by atoms with Crippen molar-refractivity contribution in [1.82, 2.24) is 30.8 Å². The molecule has 0 radical (unpaired) electrons. The van der Waals surface area contributed by atoms with Crippen molar-refractivity contribution in [2.45, 2.75) is 129 Å². The number of carbonyl (C=O) groups excluding carboxylic acids is 6. The first-order valence-electron chi connectivity index (χ1n) is 18.3. The zero-order valence-electron chi connectivity index (χ0n) is 30.0. The molecule has 4 saturated carbocycles. The maximum atomic E-state index is 14.9. The quantitative estimate of drug-likeness (QED) is 0.240. The van der Waals surface area contributed by atoms with Gasteiger partial charge in [0.1, 0.15) is 23.8 Å². The Labute approximate surface area is 294 Å². The van der Waals surface area contributed by atoms with Crippen LogP contribution in [0.3, 0.4) is 0 Å². The monoisotopic (exact) mass is 691 g/mol. The fraction of sp³-hybridized carbons (Fsp3) is 0.730. The third-order valence-electron chi connectivity index (χ3n) is 13.5. The molecule has 1 unspecified atom stereocenters. The van der Waals surface area contributed by atoms with Crippen molar-refractivity contribution in [2.75, 3.05) is 6.54 Å². The highest BCUT2D eigenvalue weighted by Gasteiger charge is 2.85. The Balaban J connectivity index is 1.26. The standard InChI is InChI=1S/C37H53N7O6/c1-34(2,3)28(43-32(49)26(22-11-7-12-22)42-30(47)24-19-39-15-16-40-24)33(50)44-20-37(35(4,5)36(37)13-8-14-36)18-25(44)31(48)41-23(27(45)29(38)46)17-21-9-6-10-21/h15-16,19,21-23,25-26,28H,6-14,17-18,20H2,1-5H3,(H2,38,46)(H,41,48)(H,42,47)(H,43,49)/t23?,25-,26-,28+,37+/m0/s1. The molecule has 50 heavy (non-hydrogen) atoms. The minimum atomic E-state index is -1.09. The molecule has 1 aromatic rings. The van der Waals surface area contributed by atoms with Crippen LogP contribution >= 0.6 is 0 Å². The predicted octanol–water partition coefficient (Wildman–Crippen LogP) is 2.43. The summed E-state index contributed by atoms with van der Waals surface area (Å²) in [5, 5.41) is 8.70. The highest BCUT2D eigenvalue weighted by Crippen LogP contribution is 2.88. The summed E-state index contributed by atoms with van der Waals surface area (Å²) in [6, 6.07) is -3.85. The van der Waals surface area contributed by atoms with E-state index in [1.807, 2.05) is 20.8 Å². The van der Waals surface area contributed by atoms with Crippen molar-refractivity contribution >= 4 is 35.3 Å². The maximum Gasteiger partial charge on any atom is 0.287 e. The number of rotatable bonds is 12. The summed E-state index contributed by atoms with van der Waals surface area (Å²) in [7, 11) is 0. The van der Waals surface area contributed by atoms with E-state index in [9.17, 15) is 28.8 Å². The lowest BCUT2D eigenvalue weighted by atomic mass is 9.73. The number of aromatic nitrogens is 2. The van der Waals surface area contributed by atoms with E-state index in [-0.39, 0.29) is 39.7 Å². The van der Waals surface area contributed by atoms with Crippen LogP contribution in [0, 0.1) is 33.5 Å². The molecule has 1 aromatic heterocycles. The number of primary amides is 1. The third-order valence-corrected chi connectivity index (χ3v) is 13.5.